The van der Waals surface area contributed by atoms with Gasteiger partial charge in [-0.2, -0.15) is 0 Å². The zero-order chi connectivity index (χ0) is 26.3. The normalized spacial score (nSPS) is 18.7. The van der Waals surface area contributed by atoms with Gasteiger partial charge in [-0.15, -0.1) is 0 Å². The van der Waals surface area contributed by atoms with Gasteiger partial charge in [0.15, 0.2) is 0 Å². The molecule has 1 unspecified atom stereocenters. The van der Waals surface area contributed by atoms with Crippen molar-refractivity contribution < 1.29 is 14.3 Å². The predicted molar refractivity (Wildman–Crippen MR) is 153 cm³/mol. The Morgan fingerprint density at radius 1 is 0.917 bits per heavy atom. The molecule has 36 heavy (non-hydrogen) atoms. The lowest BCUT2D eigenvalue weighted by molar-refractivity contribution is -0.131. The molecule has 0 fully saturated rings. The molecular formula is C33H48O3. The van der Waals surface area contributed by atoms with E-state index in [0.29, 0.717) is 5.75 Å². The van der Waals surface area contributed by atoms with E-state index in [1.807, 2.05) is 25.1 Å². The molecule has 198 valence electrons. The fourth-order valence-electron chi connectivity index (χ4n) is 5.55. The molecule has 3 heteroatoms. The van der Waals surface area contributed by atoms with Crippen molar-refractivity contribution >= 4 is 22.8 Å². The summed E-state index contributed by atoms with van der Waals surface area (Å²) >= 11 is 0. The van der Waals surface area contributed by atoms with Crippen LogP contribution in [0.1, 0.15) is 110 Å². The summed E-state index contributed by atoms with van der Waals surface area (Å²) in [5, 5.41) is 1.93. The molecule has 2 aromatic rings. The second-order valence-electron chi connectivity index (χ2n) is 11.9. The minimum atomic E-state index is -0.324. The molecule has 0 spiro atoms. The van der Waals surface area contributed by atoms with Gasteiger partial charge in [0.05, 0.1) is 0 Å². The fourth-order valence-corrected chi connectivity index (χ4v) is 5.55. The summed E-state index contributed by atoms with van der Waals surface area (Å²) < 4.78 is 12.3. The first-order chi connectivity index (χ1) is 17.1. The van der Waals surface area contributed by atoms with E-state index in [4.69, 9.17) is 9.47 Å². The van der Waals surface area contributed by atoms with Crippen molar-refractivity contribution in [1.29, 1.82) is 0 Å². The highest BCUT2D eigenvalue weighted by Gasteiger charge is 2.30. The fraction of sp³-hybridized carbons (Fsp3) is 0.606. The monoisotopic (exact) mass is 492 g/mol. The van der Waals surface area contributed by atoms with Crippen LogP contribution >= 0.6 is 0 Å². The van der Waals surface area contributed by atoms with Gasteiger partial charge < -0.3 is 9.47 Å². The number of hydrogen-bond donors (Lipinski definition) is 0. The first-order valence-electron chi connectivity index (χ1n) is 14.2. The van der Waals surface area contributed by atoms with E-state index in [9.17, 15) is 4.79 Å². The van der Waals surface area contributed by atoms with Gasteiger partial charge in [0, 0.05) is 28.8 Å². The predicted octanol–water partition coefficient (Wildman–Crippen LogP) is 9.68. The van der Waals surface area contributed by atoms with E-state index in [1.54, 1.807) is 0 Å². The third-order valence-electron chi connectivity index (χ3n) is 7.83. The van der Waals surface area contributed by atoms with E-state index < -0.39 is 0 Å². The third-order valence-corrected chi connectivity index (χ3v) is 7.83. The molecule has 2 aromatic carbocycles. The number of rotatable bonds is 13. The molecule has 0 amide bonds. The van der Waals surface area contributed by atoms with Crippen LogP contribution in [0.15, 0.2) is 30.3 Å². The third kappa shape index (κ3) is 7.60. The lowest BCUT2D eigenvalue weighted by atomic mass is 9.88. The maximum absolute atomic E-state index is 11.7. The van der Waals surface area contributed by atoms with Crippen LogP contribution in [-0.2, 0) is 4.79 Å². The molecule has 0 N–H and O–H groups in total. The molecule has 3 nitrogen and oxygen atoms in total. The van der Waals surface area contributed by atoms with Crippen molar-refractivity contribution in [1.82, 2.24) is 0 Å². The number of carbonyl (C=O) groups is 1. The first kappa shape index (κ1) is 28.3. The average Bonchev–Trinajstić information content (AvgIpc) is 2.81. The van der Waals surface area contributed by atoms with Crippen LogP contribution in [0.25, 0.3) is 16.8 Å². The minimum absolute atomic E-state index is 0.302. The number of fused-ring (bicyclic) bond motifs is 3. The second-order valence-corrected chi connectivity index (χ2v) is 11.9. The van der Waals surface area contributed by atoms with E-state index in [0.717, 1.165) is 58.2 Å². The Labute approximate surface area is 219 Å². The average molecular weight is 493 g/mol. The maximum atomic E-state index is 11.7. The molecule has 0 saturated carbocycles. The summed E-state index contributed by atoms with van der Waals surface area (Å²) in [6.45, 7) is 15.1. The van der Waals surface area contributed by atoms with Gasteiger partial charge in [0.2, 0.25) is 0 Å². The maximum Gasteiger partial charge on any atom is 0.308 e. The molecule has 1 aliphatic rings. The van der Waals surface area contributed by atoms with Gasteiger partial charge in [-0.05, 0) is 50.5 Å². The van der Waals surface area contributed by atoms with Crippen molar-refractivity contribution in [3.63, 3.8) is 0 Å². The van der Waals surface area contributed by atoms with Crippen molar-refractivity contribution in [2.24, 2.45) is 17.8 Å². The largest absolute Gasteiger partial charge is 0.482 e. The number of hydrogen-bond acceptors (Lipinski definition) is 3. The number of ether oxygens (including phenoxy) is 2. The van der Waals surface area contributed by atoms with Crippen molar-refractivity contribution in [2.75, 3.05) is 0 Å². The smallest absolute Gasteiger partial charge is 0.308 e. The van der Waals surface area contributed by atoms with Crippen molar-refractivity contribution in [3.8, 4) is 11.5 Å². The number of benzene rings is 2. The molecule has 1 aliphatic heterocycles. The van der Waals surface area contributed by atoms with Gasteiger partial charge in [-0.1, -0.05) is 103 Å². The summed E-state index contributed by atoms with van der Waals surface area (Å²) in [4.78, 5) is 11.7. The summed E-state index contributed by atoms with van der Waals surface area (Å²) in [6, 6.07) is 8.06. The summed E-state index contributed by atoms with van der Waals surface area (Å²) in [6.07, 6.45) is 15.9. The van der Waals surface area contributed by atoms with Crippen molar-refractivity contribution in [2.45, 2.75) is 112 Å². The van der Waals surface area contributed by atoms with E-state index in [-0.39, 0.29) is 11.6 Å². The highest BCUT2D eigenvalue weighted by atomic mass is 16.5. The molecule has 0 aromatic heterocycles. The van der Waals surface area contributed by atoms with Crippen LogP contribution in [-0.4, -0.2) is 11.6 Å². The number of esters is 1. The molecule has 3 rings (SSSR count). The quantitative estimate of drug-likeness (QED) is 0.206. The molecule has 0 radical (unpaired) electrons. The molecule has 1 heterocycles. The molecular weight excluding hydrogens is 444 g/mol. The highest BCUT2D eigenvalue weighted by molar-refractivity contribution is 5.99. The number of carbonyl (C=O) groups excluding carboxylic acids is 1. The Bertz CT molecular complexity index is 1050. The highest BCUT2D eigenvalue weighted by Crippen LogP contribution is 2.45. The Hall–Kier alpha value is -2.29. The summed E-state index contributed by atoms with van der Waals surface area (Å²) in [7, 11) is 0. The SMILES string of the molecule is CC(=O)Oc1c(C)c2c(c3ccccc13)OC(C)(CCC[C@H](C)CCC[C@H](C)CCCC(C)C)C=C2. The standard InChI is InChI=1S/C33H48O3/c1-23(2)13-10-14-24(3)15-11-16-25(4)17-12-21-33(7)22-20-28-26(5)31(35-27(6)34)29-18-8-9-19-30(29)32(28)36-33/h8-9,18-20,22-25H,10-17,21H2,1-7H3/t24-,25-,33?/m1/s1. The van der Waals surface area contributed by atoms with Gasteiger partial charge in [-0.3, -0.25) is 4.79 Å². The lowest BCUT2D eigenvalue weighted by Crippen LogP contribution is -2.32. The van der Waals surface area contributed by atoms with Crippen LogP contribution in [0.5, 0.6) is 11.5 Å². The van der Waals surface area contributed by atoms with Crippen LogP contribution in [0, 0.1) is 24.7 Å². The molecule has 3 atom stereocenters. The van der Waals surface area contributed by atoms with E-state index >= 15 is 0 Å². The Kier molecular flexibility index (Phi) is 10.0. The van der Waals surface area contributed by atoms with Crippen LogP contribution < -0.4 is 9.47 Å². The summed E-state index contributed by atoms with van der Waals surface area (Å²) in [5.41, 5.74) is 1.64. The van der Waals surface area contributed by atoms with Gasteiger partial charge in [0.1, 0.15) is 17.1 Å². The Morgan fingerprint density at radius 3 is 2.11 bits per heavy atom. The topological polar surface area (TPSA) is 35.5 Å². The lowest BCUT2D eigenvalue weighted by Gasteiger charge is -2.34. The summed E-state index contributed by atoms with van der Waals surface area (Å²) in [5.74, 6) is 3.68. The Morgan fingerprint density at radius 2 is 1.50 bits per heavy atom. The van der Waals surface area contributed by atoms with Crippen LogP contribution in [0.4, 0.5) is 0 Å². The van der Waals surface area contributed by atoms with E-state index in [1.165, 1.54) is 51.9 Å². The van der Waals surface area contributed by atoms with Gasteiger partial charge in [0.25, 0.3) is 0 Å². The zero-order valence-electron chi connectivity index (χ0n) is 23.8. The molecule has 0 saturated heterocycles. The van der Waals surface area contributed by atoms with Crippen LogP contribution in [0.3, 0.4) is 0 Å². The molecule has 0 bridgehead atoms. The Balaban J connectivity index is 1.55. The van der Waals surface area contributed by atoms with Gasteiger partial charge in [-0.25, -0.2) is 0 Å². The van der Waals surface area contributed by atoms with Crippen molar-refractivity contribution in [3.05, 3.63) is 41.5 Å². The second kappa shape index (κ2) is 12.8. The van der Waals surface area contributed by atoms with E-state index in [2.05, 4.69) is 52.8 Å². The van der Waals surface area contributed by atoms with Crippen LogP contribution in [0.2, 0.25) is 0 Å². The molecule has 0 aliphatic carbocycles. The minimum Gasteiger partial charge on any atom is -0.482 e. The van der Waals surface area contributed by atoms with Gasteiger partial charge >= 0.3 is 5.97 Å². The first-order valence-corrected chi connectivity index (χ1v) is 14.2. The zero-order valence-corrected chi connectivity index (χ0v) is 23.8.